The van der Waals surface area contributed by atoms with Crippen LogP contribution in [0.1, 0.15) is 17.2 Å². The van der Waals surface area contributed by atoms with Crippen LogP contribution in [0.15, 0.2) is 122 Å². The quantitative estimate of drug-likeness (QED) is 0.357. The molecule has 0 atom stereocenters. The molecule has 0 aliphatic carbocycles. The fourth-order valence-corrected chi connectivity index (χ4v) is 3.83. The molecule has 144 valence electrons. The molecular weight excluding hydrogens is 366 g/mol. The van der Waals surface area contributed by atoms with E-state index in [4.69, 9.17) is 0 Å². The van der Waals surface area contributed by atoms with Gasteiger partial charge in [0, 0.05) is 0 Å². The van der Waals surface area contributed by atoms with Gasteiger partial charge in [-0.1, -0.05) is 109 Å². The van der Waals surface area contributed by atoms with Gasteiger partial charge in [0.05, 0.1) is 0 Å². The van der Waals surface area contributed by atoms with Crippen molar-refractivity contribution in [2.75, 3.05) is 0 Å². The lowest BCUT2D eigenvalue weighted by molar-refractivity contribution is 0.594. The third-order valence-corrected chi connectivity index (χ3v) is 5.37. The number of benzene rings is 4. The lowest BCUT2D eigenvalue weighted by atomic mass is 9.94. The summed E-state index contributed by atoms with van der Waals surface area (Å²) in [5.41, 5.74) is 7.19. The Morgan fingerprint density at radius 3 is 1.33 bits per heavy atom. The molecule has 5 aromatic rings. The van der Waals surface area contributed by atoms with Crippen molar-refractivity contribution in [2.24, 2.45) is 0 Å². The smallest absolute Gasteiger partial charge is 0.137 e. The zero-order chi connectivity index (χ0) is 20.2. The summed E-state index contributed by atoms with van der Waals surface area (Å²) in [7, 11) is 0. The molecule has 0 spiro atoms. The van der Waals surface area contributed by atoms with Crippen LogP contribution < -0.4 is 0 Å². The summed E-state index contributed by atoms with van der Waals surface area (Å²) in [6.45, 7) is 0. The van der Waals surface area contributed by atoms with E-state index < -0.39 is 0 Å². The lowest BCUT2D eigenvalue weighted by Crippen LogP contribution is -2.12. The summed E-state index contributed by atoms with van der Waals surface area (Å²) in [6, 6.07) is 38.3. The molecule has 0 radical (unpaired) electrons. The topological polar surface area (TPSA) is 30.7 Å². The summed E-state index contributed by atoms with van der Waals surface area (Å²) in [4.78, 5) is 4.18. The van der Waals surface area contributed by atoms with Crippen LogP contribution in [-0.2, 0) is 0 Å². The first-order valence-corrected chi connectivity index (χ1v) is 10.0. The maximum atomic E-state index is 4.44. The highest BCUT2D eigenvalue weighted by atomic mass is 15.3. The molecule has 0 bridgehead atoms. The molecule has 0 aliphatic rings. The van der Waals surface area contributed by atoms with Crippen molar-refractivity contribution in [1.29, 1.82) is 0 Å². The van der Waals surface area contributed by atoms with Crippen LogP contribution in [0.2, 0.25) is 0 Å². The van der Waals surface area contributed by atoms with Gasteiger partial charge in [-0.3, -0.25) is 0 Å². The summed E-state index contributed by atoms with van der Waals surface area (Å²) in [6.07, 6.45) is 3.37. The Kier molecular flexibility index (Phi) is 4.93. The van der Waals surface area contributed by atoms with E-state index in [0.29, 0.717) is 0 Å². The SMILES string of the molecule is c1ccc(-c2ccc(C(c3ccc(-c4ccccc4)cc3)n3cncn3)cc2)cc1. The lowest BCUT2D eigenvalue weighted by Gasteiger charge is -2.19. The van der Waals surface area contributed by atoms with Gasteiger partial charge in [0.25, 0.3) is 0 Å². The number of hydrogen-bond donors (Lipinski definition) is 0. The van der Waals surface area contributed by atoms with E-state index in [9.17, 15) is 0 Å². The largest absolute Gasteiger partial charge is 0.241 e. The van der Waals surface area contributed by atoms with Crippen LogP contribution in [0, 0.1) is 0 Å². The van der Waals surface area contributed by atoms with Crippen LogP contribution in [-0.4, -0.2) is 14.8 Å². The number of rotatable bonds is 5. The molecule has 30 heavy (non-hydrogen) atoms. The minimum absolute atomic E-state index is 0.0258. The predicted molar refractivity (Wildman–Crippen MR) is 121 cm³/mol. The fourth-order valence-electron chi connectivity index (χ4n) is 3.83. The molecule has 0 unspecified atom stereocenters. The Bertz CT molecular complexity index is 1110. The van der Waals surface area contributed by atoms with Crippen molar-refractivity contribution in [3.63, 3.8) is 0 Å². The van der Waals surface area contributed by atoms with Crippen LogP contribution in [0.5, 0.6) is 0 Å². The monoisotopic (exact) mass is 387 g/mol. The zero-order valence-electron chi connectivity index (χ0n) is 16.5. The average Bonchev–Trinajstić information content (AvgIpc) is 3.36. The summed E-state index contributed by atoms with van der Waals surface area (Å²) in [5.74, 6) is 0. The predicted octanol–water partition coefficient (Wildman–Crippen LogP) is 6.25. The van der Waals surface area contributed by atoms with Gasteiger partial charge in [0.2, 0.25) is 0 Å². The van der Waals surface area contributed by atoms with E-state index in [0.717, 1.165) is 0 Å². The van der Waals surface area contributed by atoms with E-state index in [2.05, 4.69) is 107 Å². The first kappa shape index (κ1) is 18.1. The molecule has 0 saturated heterocycles. The minimum Gasteiger partial charge on any atom is -0.241 e. The van der Waals surface area contributed by atoms with E-state index in [1.807, 2.05) is 16.8 Å². The van der Waals surface area contributed by atoms with Gasteiger partial charge in [0.15, 0.2) is 0 Å². The average molecular weight is 387 g/mol. The van der Waals surface area contributed by atoms with Crippen molar-refractivity contribution in [3.05, 3.63) is 133 Å². The van der Waals surface area contributed by atoms with Crippen molar-refractivity contribution >= 4 is 0 Å². The summed E-state index contributed by atoms with van der Waals surface area (Å²) >= 11 is 0. The highest BCUT2D eigenvalue weighted by molar-refractivity contribution is 5.65. The molecule has 0 N–H and O–H groups in total. The van der Waals surface area contributed by atoms with Gasteiger partial charge in [-0.25, -0.2) is 9.67 Å². The van der Waals surface area contributed by atoms with Crippen LogP contribution >= 0.6 is 0 Å². The molecule has 5 rings (SSSR count). The molecule has 0 fully saturated rings. The minimum atomic E-state index is -0.0258. The first-order valence-electron chi connectivity index (χ1n) is 10.0. The van der Waals surface area contributed by atoms with Gasteiger partial charge in [-0.15, -0.1) is 0 Å². The molecule has 0 aliphatic heterocycles. The second kappa shape index (κ2) is 8.18. The van der Waals surface area contributed by atoms with Crippen molar-refractivity contribution in [2.45, 2.75) is 6.04 Å². The molecule has 1 heterocycles. The molecule has 1 aromatic heterocycles. The molecule has 0 amide bonds. The van der Waals surface area contributed by atoms with Crippen molar-refractivity contribution < 1.29 is 0 Å². The summed E-state index contributed by atoms with van der Waals surface area (Å²) in [5, 5.41) is 4.44. The maximum Gasteiger partial charge on any atom is 0.137 e. The van der Waals surface area contributed by atoms with Gasteiger partial charge >= 0.3 is 0 Å². The van der Waals surface area contributed by atoms with Crippen molar-refractivity contribution in [3.8, 4) is 22.3 Å². The molecular formula is C27H21N3. The Labute approximate surface area is 176 Å². The normalized spacial score (nSPS) is 11.0. The van der Waals surface area contributed by atoms with E-state index >= 15 is 0 Å². The Hall–Kier alpha value is -3.98. The van der Waals surface area contributed by atoms with Gasteiger partial charge < -0.3 is 0 Å². The Morgan fingerprint density at radius 2 is 0.933 bits per heavy atom. The van der Waals surface area contributed by atoms with Crippen LogP contribution in [0.3, 0.4) is 0 Å². The number of nitrogens with zero attached hydrogens (tertiary/aromatic N) is 3. The third-order valence-electron chi connectivity index (χ3n) is 5.37. The van der Waals surface area contributed by atoms with Crippen LogP contribution in [0.4, 0.5) is 0 Å². The highest BCUT2D eigenvalue weighted by Crippen LogP contribution is 2.30. The van der Waals surface area contributed by atoms with Gasteiger partial charge in [0.1, 0.15) is 18.7 Å². The van der Waals surface area contributed by atoms with Crippen LogP contribution in [0.25, 0.3) is 22.3 Å². The molecule has 4 aromatic carbocycles. The molecule has 3 nitrogen and oxygen atoms in total. The van der Waals surface area contributed by atoms with E-state index in [1.165, 1.54) is 33.4 Å². The zero-order valence-corrected chi connectivity index (χ0v) is 16.5. The molecule has 3 heteroatoms. The van der Waals surface area contributed by atoms with Gasteiger partial charge in [-0.05, 0) is 33.4 Å². The van der Waals surface area contributed by atoms with Crippen molar-refractivity contribution in [1.82, 2.24) is 14.8 Å². The molecule has 0 saturated carbocycles. The van der Waals surface area contributed by atoms with E-state index in [-0.39, 0.29) is 6.04 Å². The Balaban J connectivity index is 1.50. The first-order chi connectivity index (χ1) is 14.9. The second-order valence-electron chi connectivity index (χ2n) is 7.25. The number of hydrogen-bond acceptors (Lipinski definition) is 2. The van der Waals surface area contributed by atoms with E-state index in [1.54, 1.807) is 12.7 Å². The Morgan fingerprint density at radius 1 is 0.500 bits per heavy atom. The highest BCUT2D eigenvalue weighted by Gasteiger charge is 2.17. The standard InChI is InChI=1S/C27H21N3/c1-3-7-21(8-4-1)23-11-15-25(16-12-23)27(30-20-28-19-29-30)26-17-13-24(14-18-26)22-9-5-2-6-10-22/h1-20,27H. The maximum absolute atomic E-state index is 4.44. The van der Waals surface area contributed by atoms with Gasteiger partial charge in [-0.2, -0.15) is 5.10 Å². The third kappa shape index (κ3) is 3.65. The fraction of sp³-hybridized carbons (Fsp3) is 0.0370. The number of aromatic nitrogens is 3. The summed E-state index contributed by atoms with van der Waals surface area (Å²) < 4.78 is 1.91. The second-order valence-corrected chi connectivity index (χ2v) is 7.25.